The first-order valence-electron chi connectivity index (χ1n) is 5.28. The first kappa shape index (κ1) is 13.2. The number of rotatable bonds is 4. The smallest absolute Gasteiger partial charge is 0.226 e. The van der Waals surface area contributed by atoms with Crippen molar-refractivity contribution in [3.63, 3.8) is 0 Å². The van der Waals surface area contributed by atoms with Crippen LogP contribution in [0.4, 0.5) is 5.69 Å². The third-order valence-electron chi connectivity index (χ3n) is 2.38. The molecule has 0 saturated heterocycles. The van der Waals surface area contributed by atoms with Crippen molar-refractivity contribution in [2.45, 2.75) is 25.8 Å². The van der Waals surface area contributed by atoms with E-state index in [9.17, 15) is 4.79 Å². The van der Waals surface area contributed by atoms with Crippen molar-refractivity contribution in [2.24, 2.45) is 5.73 Å². The van der Waals surface area contributed by atoms with Gasteiger partial charge in [-0.3, -0.25) is 4.79 Å². The van der Waals surface area contributed by atoms with E-state index < -0.39 is 0 Å². The number of hydrogen-bond donors (Lipinski definition) is 1. The molecule has 0 fully saturated rings. The standard InChI is InChI=1S/C12H17BrN2O/c1-9(14)6-7-12(16)15(2)11-5-3-4-10(13)8-11/h3-5,8-9H,6-7,14H2,1-2H3. The van der Waals surface area contributed by atoms with Gasteiger partial charge in [-0.15, -0.1) is 0 Å². The zero-order valence-electron chi connectivity index (χ0n) is 9.61. The average molecular weight is 285 g/mol. The molecule has 1 aromatic carbocycles. The molecule has 1 aromatic rings. The van der Waals surface area contributed by atoms with Crippen LogP contribution in [0.3, 0.4) is 0 Å². The number of carbonyl (C=O) groups excluding carboxylic acids is 1. The largest absolute Gasteiger partial charge is 0.328 e. The van der Waals surface area contributed by atoms with E-state index in [1.165, 1.54) is 0 Å². The van der Waals surface area contributed by atoms with Gasteiger partial charge in [0.15, 0.2) is 0 Å². The van der Waals surface area contributed by atoms with Gasteiger partial charge in [0.1, 0.15) is 0 Å². The molecule has 0 aromatic heterocycles. The molecule has 1 rings (SSSR count). The van der Waals surface area contributed by atoms with E-state index in [2.05, 4.69) is 15.9 Å². The van der Waals surface area contributed by atoms with Crippen molar-refractivity contribution in [2.75, 3.05) is 11.9 Å². The second kappa shape index (κ2) is 6.01. The molecule has 2 N–H and O–H groups in total. The minimum Gasteiger partial charge on any atom is -0.328 e. The number of benzene rings is 1. The van der Waals surface area contributed by atoms with Crippen LogP contribution >= 0.6 is 15.9 Å². The minimum atomic E-state index is 0.0693. The van der Waals surface area contributed by atoms with Crippen LogP contribution in [0.1, 0.15) is 19.8 Å². The maximum atomic E-state index is 11.8. The van der Waals surface area contributed by atoms with Gasteiger partial charge in [-0.1, -0.05) is 22.0 Å². The quantitative estimate of drug-likeness (QED) is 0.924. The first-order chi connectivity index (χ1) is 7.50. The molecule has 4 heteroatoms. The lowest BCUT2D eigenvalue weighted by Gasteiger charge is -2.18. The topological polar surface area (TPSA) is 46.3 Å². The maximum absolute atomic E-state index is 11.8. The Hall–Kier alpha value is -0.870. The molecule has 0 radical (unpaired) electrons. The van der Waals surface area contributed by atoms with Gasteiger partial charge >= 0.3 is 0 Å². The summed E-state index contributed by atoms with van der Waals surface area (Å²) in [6.45, 7) is 1.91. The molecule has 0 bridgehead atoms. The molecule has 1 unspecified atom stereocenters. The molecular formula is C12H17BrN2O. The lowest BCUT2D eigenvalue weighted by atomic mass is 10.2. The number of hydrogen-bond acceptors (Lipinski definition) is 2. The highest BCUT2D eigenvalue weighted by Gasteiger charge is 2.11. The van der Waals surface area contributed by atoms with E-state index >= 15 is 0 Å². The summed E-state index contributed by atoms with van der Waals surface area (Å²) in [5.74, 6) is 0.0930. The number of amides is 1. The monoisotopic (exact) mass is 284 g/mol. The Morgan fingerprint density at radius 3 is 2.81 bits per heavy atom. The van der Waals surface area contributed by atoms with E-state index in [1.54, 1.807) is 11.9 Å². The predicted molar refractivity (Wildman–Crippen MR) is 70.4 cm³/mol. The summed E-state index contributed by atoms with van der Waals surface area (Å²) < 4.78 is 0.969. The molecule has 88 valence electrons. The lowest BCUT2D eigenvalue weighted by Crippen LogP contribution is -2.28. The number of anilines is 1. The Kier molecular flexibility index (Phi) is 4.96. The van der Waals surface area contributed by atoms with Gasteiger partial charge in [-0.2, -0.15) is 0 Å². The van der Waals surface area contributed by atoms with Crippen molar-refractivity contribution in [1.82, 2.24) is 0 Å². The third-order valence-corrected chi connectivity index (χ3v) is 2.88. The van der Waals surface area contributed by atoms with Crippen LogP contribution in [0.15, 0.2) is 28.7 Å². The van der Waals surface area contributed by atoms with Crippen LogP contribution < -0.4 is 10.6 Å². The molecule has 0 heterocycles. The fourth-order valence-electron chi connectivity index (χ4n) is 1.35. The molecule has 3 nitrogen and oxygen atoms in total. The Morgan fingerprint density at radius 1 is 1.56 bits per heavy atom. The van der Waals surface area contributed by atoms with Gasteiger partial charge in [0.05, 0.1) is 0 Å². The van der Waals surface area contributed by atoms with Crippen molar-refractivity contribution >= 4 is 27.5 Å². The SMILES string of the molecule is CC(N)CCC(=O)N(C)c1cccc(Br)c1. The highest BCUT2D eigenvalue weighted by atomic mass is 79.9. The van der Waals surface area contributed by atoms with Gasteiger partial charge in [0.25, 0.3) is 0 Å². The highest BCUT2D eigenvalue weighted by Crippen LogP contribution is 2.19. The normalized spacial score (nSPS) is 12.2. The van der Waals surface area contributed by atoms with Crippen LogP contribution in [0.5, 0.6) is 0 Å². The number of nitrogens with zero attached hydrogens (tertiary/aromatic N) is 1. The van der Waals surface area contributed by atoms with Crippen molar-refractivity contribution < 1.29 is 4.79 Å². The Labute approximate surface area is 105 Å². The second-order valence-corrected chi connectivity index (χ2v) is 4.86. The lowest BCUT2D eigenvalue weighted by molar-refractivity contribution is -0.118. The predicted octanol–water partition coefficient (Wildman–Crippen LogP) is 2.54. The summed E-state index contributed by atoms with van der Waals surface area (Å²) in [5.41, 5.74) is 6.52. The summed E-state index contributed by atoms with van der Waals surface area (Å²) in [7, 11) is 1.78. The fraction of sp³-hybridized carbons (Fsp3) is 0.417. The fourth-order valence-corrected chi connectivity index (χ4v) is 1.73. The van der Waals surface area contributed by atoms with Gasteiger partial charge in [-0.05, 0) is 31.5 Å². The van der Waals surface area contributed by atoms with Crippen molar-refractivity contribution in [3.8, 4) is 0 Å². The summed E-state index contributed by atoms with van der Waals surface area (Å²) in [5, 5.41) is 0. The Balaban J connectivity index is 2.63. The molecule has 0 aliphatic carbocycles. The average Bonchev–Trinajstić information content (AvgIpc) is 2.24. The molecule has 1 atom stereocenters. The molecule has 16 heavy (non-hydrogen) atoms. The van der Waals surface area contributed by atoms with Gasteiger partial charge < -0.3 is 10.6 Å². The van der Waals surface area contributed by atoms with E-state index in [1.807, 2.05) is 31.2 Å². The van der Waals surface area contributed by atoms with E-state index in [0.717, 1.165) is 16.6 Å². The number of carbonyl (C=O) groups is 1. The second-order valence-electron chi connectivity index (χ2n) is 3.95. The molecule has 1 amide bonds. The molecular weight excluding hydrogens is 268 g/mol. The molecule has 0 aliphatic heterocycles. The van der Waals surface area contributed by atoms with E-state index in [4.69, 9.17) is 5.73 Å². The zero-order chi connectivity index (χ0) is 12.1. The van der Waals surface area contributed by atoms with Crippen molar-refractivity contribution in [3.05, 3.63) is 28.7 Å². The van der Waals surface area contributed by atoms with Crippen molar-refractivity contribution in [1.29, 1.82) is 0 Å². The summed E-state index contributed by atoms with van der Waals surface area (Å²) >= 11 is 3.38. The summed E-state index contributed by atoms with van der Waals surface area (Å²) in [4.78, 5) is 13.5. The molecule has 0 saturated carbocycles. The third kappa shape index (κ3) is 3.94. The minimum absolute atomic E-state index is 0.0693. The highest BCUT2D eigenvalue weighted by molar-refractivity contribution is 9.10. The Morgan fingerprint density at radius 2 is 2.25 bits per heavy atom. The van der Waals surface area contributed by atoms with Crippen LogP contribution in [-0.2, 0) is 4.79 Å². The van der Waals surface area contributed by atoms with Crippen LogP contribution in [0, 0.1) is 0 Å². The summed E-state index contributed by atoms with van der Waals surface area (Å²) in [6, 6.07) is 7.75. The van der Waals surface area contributed by atoms with E-state index in [0.29, 0.717) is 6.42 Å². The van der Waals surface area contributed by atoms with Crippen LogP contribution in [0.2, 0.25) is 0 Å². The number of halogens is 1. The molecule has 0 aliphatic rings. The zero-order valence-corrected chi connectivity index (χ0v) is 11.2. The molecule has 0 spiro atoms. The van der Waals surface area contributed by atoms with E-state index in [-0.39, 0.29) is 11.9 Å². The van der Waals surface area contributed by atoms with Gasteiger partial charge in [0.2, 0.25) is 5.91 Å². The Bertz CT molecular complexity index is 366. The summed E-state index contributed by atoms with van der Waals surface area (Å²) in [6.07, 6.45) is 1.21. The van der Waals surface area contributed by atoms with Crippen LogP contribution in [0.25, 0.3) is 0 Å². The van der Waals surface area contributed by atoms with Gasteiger partial charge in [-0.25, -0.2) is 0 Å². The van der Waals surface area contributed by atoms with Crippen LogP contribution in [-0.4, -0.2) is 19.0 Å². The van der Waals surface area contributed by atoms with Gasteiger partial charge in [0, 0.05) is 29.7 Å². The number of nitrogens with two attached hydrogens (primary N) is 1. The maximum Gasteiger partial charge on any atom is 0.226 e. The first-order valence-corrected chi connectivity index (χ1v) is 6.07.